The Kier molecular flexibility index (Phi) is 4.25. The topological polar surface area (TPSA) is 47.0 Å². The van der Waals surface area contributed by atoms with Gasteiger partial charge in [-0.25, -0.2) is 0 Å². The average molecular weight is 221 g/mol. The van der Waals surface area contributed by atoms with E-state index in [1.54, 1.807) is 12.4 Å². The molecule has 1 fully saturated rings. The highest BCUT2D eigenvalue weighted by Crippen LogP contribution is 2.27. The molecule has 0 amide bonds. The SMILES string of the molecule is CCCNC(c1cnccn1)C1CCOC1. The van der Waals surface area contributed by atoms with Gasteiger partial charge >= 0.3 is 0 Å². The third-order valence-corrected chi connectivity index (χ3v) is 2.95. The van der Waals surface area contributed by atoms with Crippen LogP contribution in [0.3, 0.4) is 0 Å². The molecule has 0 spiro atoms. The second-order valence-electron chi connectivity index (χ2n) is 4.19. The van der Waals surface area contributed by atoms with Crippen LogP contribution in [-0.2, 0) is 4.74 Å². The quantitative estimate of drug-likeness (QED) is 0.819. The van der Waals surface area contributed by atoms with Crippen molar-refractivity contribution in [3.63, 3.8) is 0 Å². The van der Waals surface area contributed by atoms with Gasteiger partial charge in [-0.1, -0.05) is 6.92 Å². The predicted molar refractivity (Wildman–Crippen MR) is 62.0 cm³/mol. The maximum Gasteiger partial charge on any atom is 0.0759 e. The molecule has 88 valence electrons. The van der Waals surface area contributed by atoms with Crippen LogP contribution in [0.4, 0.5) is 0 Å². The van der Waals surface area contributed by atoms with Crippen LogP contribution in [0.5, 0.6) is 0 Å². The van der Waals surface area contributed by atoms with Crippen LogP contribution in [-0.4, -0.2) is 29.7 Å². The van der Waals surface area contributed by atoms with Crippen molar-refractivity contribution in [2.45, 2.75) is 25.8 Å². The number of hydrogen-bond acceptors (Lipinski definition) is 4. The Morgan fingerprint density at radius 3 is 3.12 bits per heavy atom. The third-order valence-electron chi connectivity index (χ3n) is 2.95. The molecule has 1 aliphatic rings. The van der Waals surface area contributed by atoms with Gasteiger partial charge in [-0.15, -0.1) is 0 Å². The van der Waals surface area contributed by atoms with E-state index in [4.69, 9.17) is 4.74 Å². The maximum atomic E-state index is 5.45. The lowest BCUT2D eigenvalue weighted by Crippen LogP contribution is -2.30. The Labute approximate surface area is 96.4 Å². The van der Waals surface area contributed by atoms with E-state index in [9.17, 15) is 0 Å². The molecule has 0 bridgehead atoms. The fraction of sp³-hybridized carbons (Fsp3) is 0.667. The summed E-state index contributed by atoms with van der Waals surface area (Å²) in [5.41, 5.74) is 1.03. The molecule has 2 rings (SSSR count). The number of nitrogens with one attached hydrogen (secondary N) is 1. The van der Waals surface area contributed by atoms with E-state index in [2.05, 4.69) is 22.2 Å². The van der Waals surface area contributed by atoms with Crippen molar-refractivity contribution >= 4 is 0 Å². The zero-order valence-corrected chi connectivity index (χ0v) is 9.72. The molecule has 4 nitrogen and oxygen atoms in total. The van der Waals surface area contributed by atoms with Crippen LogP contribution >= 0.6 is 0 Å². The summed E-state index contributed by atoms with van der Waals surface area (Å²) in [5.74, 6) is 0.531. The molecule has 1 saturated heterocycles. The number of aromatic nitrogens is 2. The van der Waals surface area contributed by atoms with Crippen LogP contribution in [0.2, 0.25) is 0 Å². The van der Waals surface area contributed by atoms with E-state index in [1.165, 1.54) is 0 Å². The molecule has 0 aromatic carbocycles. The lowest BCUT2D eigenvalue weighted by Gasteiger charge is -2.22. The molecule has 2 unspecified atom stereocenters. The fourth-order valence-corrected chi connectivity index (χ4v) is 2.10. The van der Waals surface area contributed by atoms with Crippen molar-refractivity contribution in [3.8, 4) is 0 Å². The van der Waals surface area contributed by atoms with Gasteiger partial charge in [-0.2, -0.15) is 0 Å². The molecular formula is C12H19N3O. The highest BCUT2D eigenvalue weighted by molar-refractivity contribution is 5.05. The van der Waals surface area contributed by atoms with Crippen LogP contribution in [0.1, 0.15) is 31.5 Å². The minimum Gasteiger partial charge on any atom is -0.381 e. The molecule has 1 aromatic rings. The summed E-state index contributed by atoms with van der Waals surface area (Å²) in [7, 11) is 0. The third kappa shape index (κ3) is 2.77. The molecular weight excluding hydrogens is 202 g/mol. The summed E-state index contributed by atoms with van der Waals surface area (Å²) in [6.07, 6.45) is 7.56. The van der Waals surface area contributed by atoms with Gasteiger partial charge in [-0.3, -0.25) is 9.97 Å². The first-order valence-corrected chi connectivity index (χ1v) is 5.99. The van der Waals surface area contributed by atoms with Crippen molar-refractivity contribution < 1.29 is 4.74 Å². The summed E-state index contributed by atoms with van der Waals surface area (Å²) in [6, 6.07) is 0.288. The summed E-state index contributed by atoms with van der Waals surface area (Å²) in [4.78, 5) is 8.54. The Morgan fingerprint density at radius 2 is 2.50 bits per heavy atom. The monoisotopic (exact) mass is 221 g/mol. The number of nitrogens with zero attached hydrogens (tertiary/aromatic N) is 2. The summed E-state index contributed by atoms with van der Waals surface area (Å²) in [6.45, 7) is 4.89. The molecule has 2 heterocycles. The highest BCUT2D eigenvalue weighted by Gasteiger charge is 2.27. The number of hydrogen-bond donors (Lipinski definition) is 1. The summed E-state index contributed by atoms with van der Waals surface area (Å²) < 4.78 is 5.45. The molecule has 0 radical (unpaired) electrons. The van der Waals surface area contributed by atoms with Crippen molar-refractivity contribution in [1.29, 1.82) is 0 Å². The Balaban J connectivity index is 2.07. The van der Waals surface area contributed by atoms with Gasteiger partial charge in [0.2, 0.25) is 0 Å². The maximum absolute atomic E-state index is 5.45. The van der Waals surface area contributed by atoms with Crippen molar-refractivity contribution in [1.82, 2.24) is 15.3 Å². The Morgan fingerprint density at radius 1 is 1.56 bits per heavy atom. The zero-order chi connectivity index (χ0) is 11.2. The Hall–Kier alpha value is -1.00. The van der Waals surface area contributed by atoms with Gasteiger partial charge in [0.05, 0.1) is 18.3 Å². The molecule has 0 aliphatic carbocycles. The zero-order valence-electron chi connectivity index (χ0n) is 9.72. The molecule has 0 saturated carbocycles. The molecule has 1 N–H and O–H groups in total. The van der Waals surface area contributed by atoms with Crippen LogP contribution in [0.25, 0.3) is 0 Å². The molecule has 4 heteroatoms. The highest BCUT2D eigenvalue weighted by atomic mass is 16.5. The largest absolute Gasteiger partial charge is 0.381 e. The Bertz CT molecular complexity index is 298. The van der Waals surface area contributed by atoms with Crippen LogP contribution < -0.4 is 5.32 Å². The first-order chi connectivity index (χ1) is 7.92. The van der Waals surface area contributed by atoms with Crippen molar-refractivity contribution in [2.75, 3.05) is 19.8 Å². The normalized spacial score (nSPS) is 22.2. The molecule has 2 atom stereocenters. The lowest BCUT2D eigenvalue weighted by atomic mass is 9.96. The second-order valence-corrected chi connectivity index (χ2v) is 4.19. The van der Waals surface area contributed by atoms with E-state index in [-0.39, 0.29) is 6.04 Å². The minimum absolute atomic E-state index is 0.288. The van der Waals surface area contributed by atoms with Crippen molar-refractivity contribution in [2.24, 2.45) is 5.92 Å². The number of ether oxygens (including phenoxy) is 1. The number of rotatable bonds is 5. The van der Waals surface area contributed by atoms with Crippen LogP contribution in [0.15, 0.2) is 18.6 Å². The van der Waals surface area contributed by atoms with E-state index in [0.29, 0.717) is 5.92 Å². The minimum atomic E-state index is 0.288. The van der Waals surface area contributed by atoms with Gasteiger partial charge in [-0.05, 0) is 19.4 Å². The van der Waals surface area contributed by atoms with E-state index in [0.717, 1.165) is 38.3 Å². The standard InChI is InChI=1S/C12H19N3O/c1-2-4-15-12(10-3-7-16-9-10)11-8-13-5-6-14-11/h5-6,8,10,12,15H,2-4,7,9H2,1H3. The smallest absolute Gasteiger partial charge is 0.0759 e. The van der Waals surface area contributed by atoms with E-state index >= 15 is 0 Å². The van der Waals surface area contributed by atoms with Gasteiger partial charge in [0, 0.05) is 31.1 Å². The van der Waals surface area contributed by atoms with Crippen LogP contribution in [0, 0.1) is 5.92 Å². The predicted octanol–water partition coefficient (Wildman–Crippen LogP) is 1.55. The van der Waals surface area contributed by atoms with Gasteiger partial charge in [0.15, 0.2) is 0 Å². The van der Waals surface area contributed by atoms with Gasteiger partial charge in [0.25, 0.3) is 0 Å². The molecule has 1 aromatic heterocycles. The first-order valence-electron chi connectivity index (χ1n) is 5.99. The lowest BCUT2D eigenvalue weighted by molar-refractivity contribution is 0.176. The first kappa shape index (κ1) is 11.5. The van der Waals surface area contributed by atoms with Crippen molar-refractivity contribution in [3.05, 3.63) is 24.3 Å². The van der Waals surface area contributed by atoms with Gasteiger partial charge < -0.3 is 10.1 Å². The van der Waals surface area contributed by atoms with Gasteiger partial charge in [0.1, 0.15) is 0 Å². The molecule has 1 aliphatic heterocycles. The fourth-order valence-electron chi connectivity index (χ4n) is 2.10. The summed E-state index contributed by atoms with van der Waals surface area (Å²) in [5, 5.41) is 3.55. The molecule has 16 heavy (non-hydrogen) atoms. The summed E-state index contributed by atoms with van der Waals surface area (Å²) >= 11 is 0. The van der Waals surface area contributed by atoms with E-state index < -0.39 is 0 Å². The van der Waals surface area contributed by atoms with E-state index in [1.807, 2.05) is 6.20 Å². The average Bonchev–Trinajstić information content (AvgIpc) is 2.85. The second kappa shape index (κ2) is 5.92.